The smallest absolute Gasteiger partial charge is 0.257 e. The Kier molecular flexibility index (Phi) is 5.34. The van der Waals surface area contributed by atoms with Crippen LogP contribution in [0.4, 0.5) is 10.8 Å². The first-order chi connectivity index (χ1) is 13.9. The van der Waals surface area contributed by atoms with E-state index in [-0.39, 0.29) is 17.7 Å². The SMILES string of the molecule is Cc1ccc(N2CC(c3nnc(NC(=O)c4cccc(Cl)c4)s3)CC2=O)cc1C. The highest BCUT2D eigenvalue weighted by Crippen LogP contribution is 2.34. The molecule has 3 aromatic rings. The number of hydrogen-bond acceptors (Lipinski definition) is 5. The second kappa shape index (κ2) is 7.93. The van der Waals surface area contributed by atoms with Crippen LogP contribution in [0.15, 0.2) is 42.5 Å². The molecule has 4 rings (SSSR count). The minimum Gasteiger partial charge on any atom is -0.312 e. The molecule has 0 bridgehead atoms. The second-order valence-corrected chi connectivity index (χ2v) is 8.53. The summed E-state index contributed by atoms with van der Waals surface area (Å²) in [7, 11) is 0. The predicted molar refractivity (Wildman–Crippen MR) is 115 cm³/mol. The number of halogens is 1. The van der Waals surface area contributed by atoms with Crippen LogP contribution < -0.4 is 10.2 Å². The summed E-state index contributed by atoms with van der Waals surface area (Å²) in [6.07, 6.45) is 0.379. The van der Waals surface area contributed by atoms with Crippen LogP contribution in [-0.2, 0) is 4.79 Å². The third-order valence-corrected chi connectivity index (χ3v) is 6.26. The van der Waals surface area contributed by atoms with Gasteiger partial charge in [0.25, 0.3) is 5.91 Å². The van der Waals surface area contributed by atoms with Gasteiger partial charge in [-0.15, -0.1) is 10.2 Å². The molecule has 1 unspecified atom stereocenters. The number of nitrogens with zero attached hydrogens (tertiary/aromatic N) is 3. The molecule has 0 saturated carbocycles. The average Bonchev–Trinajstić information content (AvgIpc) is 3.30. The summed E-state index contributed by atoms with van der Waals surface area (Å²) in [6.45, 7) is 4.64. The quantitative estimate of drug-likeness (QED) is 0.662. The molecule has 148 valence electrons. The van der Waals surface area contributed by atoms with Crippen LogP contribution in [-0.4, -0.2) is 28.6 Å². The van der Waals surface area contributed by atoms with Gasteiger partial charge in [-0.3, -0.25) is 14.9 Å². The molecule has 2 heterocycles. The van der Waals surface area contributed by atoms with Crippen LogP contribution in [0.3, 0.4) is 0 Å². The number of amides is 2. The first-order valence-corrected chi connectivity index (χ1v) is 10.4. The fourth-order valence-corrected chi connectivity index (χ4v) is 4.29. The van der Waals surface area contributed by atoms with E-state index in [1.54, 1.807) is 29.2 Å². The van der Waals surface area contributed by atoms with Gasteiger partial charge < -0.3 is 4.90 Å². The van der Waals surface area contributed by atoms with E-state index in [9.17, 15) is 9.59 Å². The van der Waals surface area contributed by atoms with Gasteiger partial charge in [-0.2, -0.15) is 0 Å². The van der Waals surface area contributed by atoms with Crippen molar-refractivity contribution in [1.82, 2.24) is 10.2 Å². The topological polar surface area (TPSA) is 75.2 Å². The monoisotopic (exact) mass is 426 g/mol. The summed E-state index contributed by atoms with van der Waals surface area (Å²) in [5, 5.41) is 12.7. The van der Waals surface area contributed by atoms with Crippen molar-refractivity contribution < 1.29 is 9.59 Å². The summed E-state index contributed by atoms with van der Waals surface area (Å²) >= 11 is 7.23. The van der Waals surface area contributed by atoms with E-state index in [1.807, 2.05) is 32.0 Å². The van der Waals surface area contributed by atoms with E-state index in [0.717, 1.165) is 16.3 Å². The number of hydrogen-bond donors (Lipinski definition) is 1. The Labute approximate surface area is 177 Å². The average molecular weight is 427 g/mol. The summed E-state index contributed by atoms with van der Waals surface area (Å²) in [6, 6.07) is 12.7. The van der Waals surface area contributed by atoms with Crippen LogP contribution in [0.5, 0.6) is 0 Å². The van der Waals surface area contributed by atoms with Crippen LogP contribution in [0.25, 0.3) is 0 Å². The highest BCUT2D eigenvalue weighted by molar-refractivity contribution is 7.15. The molecule has 1 fully saturated rings. The minimum atomic E-state index is -0.297. The lowest BCUT2D eigenvalue weighted by atomic mass is 10.1. The van der Waals surface area contributed by atoms with Gasteiger partial charge in [-0.05, 0) is 55.3 Å². The molecule has 0 aliphatic carbocycles. The number of benzene rings is 2. The molecule has 2 aromatic carbocycles. The number of nitrogens with one attached hydrogen (secondary N) is 1. The van der Waals surface area contributed by atoms with E-state index in [1.165, 1.54) is 16.9 Å². The first-order valence-electron chi connectivity index (χ1n) is 9.18. The summed E-state index contributed by atoms with van der Waals surface area (Å²) in [4.78, 5) is 26.7. The Balaban J connectivity index is 1.46. The largest absolute Gasteiger partial charge is 0.312 e. The Morgan fingerprint density at radius 3 is 2.76 bits per heavy atom. The van der Waals surface area contributed by atoms with Gasteiger partial charge in [0.15, 0.2) is 0 Å². The van der Waals surface area contributed by atoms with E-state index < -0.39 is 0 Å². The van der Waals surface area contributed by atoms with Crippen molar-refractivity contribution >= 4 is 45.6 Å². The van der Waals surface area contributed by atoms with Gasteiger partial charge in [0, 0.05) is 35.2 Å². The van der Waals surface area contributed by atoms with Crippen LogP contribution in [0.2, 0.25) is 5.02 Å². The fraction of sp³-hybridized carbons (Fsp3) is 0.238. The Hall–Kier alpha value is -2.77. The van der Waals surface area contributed by atoms with Crippen LogP contribution in [0.1, 0.15) is 38.8 Å². The fourth-order valence-electron chi connectivity index (χ4n) is 3.27. The molecule has 1 aromatic heterocycles. The number of anilines is 2. The standard InChI is InChI=1S/C21H19ClN4O2S/c1-12-6-7-17(8-13(12)2)26-11-15(10-18(26)27)20-24-25-21(29-20)23-19(28)14-4-3-5-16(22)9-14/h3-9,15H,10-11H2,1-2H3,(H,23,25,28). The van der Waals surface area contributed by atoms with Gasteiger partial charge >= 0.3 is 0 Å². The number of carbonyl (C=O) groups excluding carboxylic acids is 2. The molecule has 1 aliphatic rings. The zero-order valence-electron chi connectivity index (χ0n) is 16.0. The lowest BCUT2D eigenvalue weighted by molar-refractivity contribution is -0.117. The van der Waals surface area contributed by atoms with Crippen LogP contribution >= 0.6 is 22.9 Å². The normalized spacial score (nSPS) is 16.3. The first kappa shape index (κ1) is 19.5. The number of rotatable bonds is 4. The Morgan fingerprint density at radius 1 is 1.17 bits per heavy atom. The number of aromatic nitrogens is 2. The molecule has 1 N–H and O–H groups in total. The summed E-state index contributed by atoms with van der Waals surface area (Å²) in [5.74, 6) is -0.272. The molecule has 1 atom stereocenters. The van der Waals surface area contributed by atoms with E-state index in [2.05, 4.69) is 15.5 Å². The van der Waals surface area contributed by atoms with Crippen molar-refractivity contribution in [3.63, 3.8) is 0 Å². The van der Waals surface area contributed by atoms with Gasteiger partial charge in [-0.1, -0.05) is 35.1 Å². The zero-order valence-corrected chi connectivity index (χ0v) is 17.5. The highest BCUT2D eigenvalue weighted by atomic mass is 35.5. The van der Waals surface area contributed by atoms with E-state index in [0.29, 0.717) is 28.7 Å². The summed E-state index contributed by atoms with van der Waals surface area (Å²) < 4.78 is 0. The molecule has 8 heteroatoms. The van der Waals surface area contributed by atoms with Crippen molar-refractivity contribution in [2.75, 3.05) is 16.8 Å². The second-order valence-electron chi connectivity index (χ2n) is 7.08. The molecular formula is C21H19ClN4O2S. The zero-order chi connectivity index (χ0) is 20.5. The molecular weight excluding hydrogens is 408 g/mol. The molecule has 29 heavy (non-hydrogen) atoms. The Bertz CT molecular complexity index is 1100. The number of carbonyl (C=O) groups is 2. The predicted octanol–water partition coefficient (Wildman–Crippen LogP) is 4.58. The summed E-state index contributed by atoms with van der Waals surface area (Å²) in [5.41, 5.74) is 3.70. The molecule has 0 radical (unpaired) electrons. The van der Waals surface area contributed by atoms with E-state index >= 15 is 0 Å². The molecule has 1 aliphatic heterocycles. The van der Waals surface area contributed by atoms with Crippen molar-refractivity contribution in [3.8, 4) is 0 Å². The highest BCUT2D eigenvalue weighted by Gasteiger charge is 2.34. The molecule has 1 saturated heterocycles. The third kappa shape index (κ3) is 4.16. The maximum atomic E-state index is 12.6. The molecule has 2 amide bonds. The van der Waals surface area contributed by atoms with E-state index in [4.69, 9.17) is 11.6 Å². The van der Waals surface area contributed by atoms with Gasteiger partial charge in [0.1, 0.15) is 5.01 Å². The van der Waals surface area contributed by atoms with Crippen molar-refractivity contribution in [2.24, 2.45) is 0 Å². The van der Waals surface area contributed by atoms with Gasteiger partial charge in [0.05, 0.1) is 0 Å². The lowest BCUT2D eigenvalue weighted by Crippen LogP contribution is -2.24. The molecule has 6 nitrogen and oxygen atoms in total. The van der Waals surface area contributed by atoms with Crippen molar-refractivity contribution in [2.45, 2.75) is 26.2 Å². The maximum Gasteiger partial charge on any atom is 0.257 e. The van der Waals surface area contributed by atoms with Crippen molar-refractivity contribution in [1.29, 1.82) is 0 Å². The number of aryl methyl sites for hydroxylation is 2. The van der Waals surface area contributed by atoms with Crippen LogP contribution in [0, 0.1) is 13.8 Å². The van der Waals surface area contributed by atoms with Gasteiger partial charge in [0.2, 0.25) is 11.0 Å². The third-order valence-electron chi connectivity index (χ3n) is 5.02. The lowest BCUT2D eigenvalue weighted by Gasteiger charge is -2.17. The van der Waals surface area contributed by atoms with Crippen molar-refractivity contribution in [3.05, 3.63) is 69.2 Å². The Morgan fingerprint density at radius 2 is 2.00 bits per heavy atom. The maximum absolute atomic E-state index is 12.6. The minimum absolute atomic E-state index is 0.0431. The molecule has 0 spiro atoms. The van der Waals surface area contributed by atoms with Gasteiger partial charge in [-0.25, -0.2) is 0 Å².